The summed E-state index contributed by atoms with van der Waals surface area (Å²) >= 11 is 0. The number of carbonyl (C=O) groups is 1. The molecule has 0 aromatic heterocycles. The van der Waals surface area contributed by atoms with Crippen LogP contribution in [0.2, 0.25) is 0 Å². The molecule has 4 heteroatoms. The maximum absolute atomic E-state index is 13.0. The van der Waals surface area contributed by atoms with Gasteiger partial charge >= 0.3 is 5.97 Å². The Morgan fingerprint density at radius 1 is 1.09 bits per heavy atom. The molecule has 3 aliphatic rings. The van der Waals surface area contributed by atoms with Crippen LogP contribution >= 0.6 is 0 Å². The summed E-state index contributed by atoms with van der Waals surface area (Å²) < 4.78 is 13.0. The average Bonchev–Trinajstić information content (AvgIpc) is 3.30. The predicted molar refractivity (Wildman–Crippen MR) is 86.0 cm³/mol. The summed E-state index contributed by atoms with van der Waals surface area (Å²) in [6.07, 6.45) is 8.00. The Morgan fingerprint density at radius 2 is 1.82 bits per heavy atom. The average molecular weight is 318 g/mol. The lowest BCUT2D eigenvalue weighted by molar-refractivity contribution is 0.0695. The van der Waals surface area contributed by atoms with Crippen LogP contribution < -0.4 is 0 Å². The molecule has 3 saturated carbocycles. The lowest BCUT2D eigenvalue weighted by Crippen LogP contribution is -2.17. The van der Waals surface area contributed by atoms with E-state index in [1.807, 2.05) is 6.07 Å². The van der Waals surface area contributed by atoms with Crippen LogP contribution in [-0.2, 0) is 10.8 Å². The topological polar surface area (TPSA) is 54.4 Å². The third-order valence-electron chi connectivity index (χ3n) is 5.30. The van der Waals surface area contributed by atoms with Gasteiger partial charge in [0, 0.05) is 10.6 Å². The van der Waals surface area contributed by atoms with E-state index < -0.39 is 16.8 Å². The predicted octanol–water partition coefficient (Wildman–Crippen LogP) is 4.05. The van der Waals surface area contributed by atoms with Gasteiger partial charge in [0.1, 0.15) is 0 Å². The molecule has 0 amide bonds. The summed E-state index contributed by atoms with van der Waals surface area (Å²) in [7, 11) is -1.03. The van der Waals surface area contributed by atoms with E-state index in [2.05, 4.69) is 0 Å². The summed E-state index contributed by atoms with van der Waals surface area (Å²) in [6, 6.07) is 3.72. The van der Waals surface area contributed by atoms with E-state index in [1.54, 1.807) is 6.07 Å². The van der Waals surface area contributed by atoms with E-state index in [1.165, 1.54) is 24.8 Å². The van der Waals surface area contributed by atoms with Crippen LogP contribution in [0.25, 0.3) is 0 Å². The second-order valence-electron chi connectivity index (χ2n) is 7.11. The lowest BCUT2D eigenvalue weighted by Gasteiger charge is -2.29. The normalized spacial score (nSPS) is 23.1. The van der Waals surface area contributed by atoms with Gasteiger partial charge in [-0.15, -0.1) is 0 Å². The second kappa shape index (κ2) is 5.48. The molecular formula is C18H22O3S. The minimum absolute atomic E-state index is 0.323. The van der Waals surface area contributed by atoms with Crippen molar-refractivity contribution >= 4 is 16.8 Å². The zero-order valence-corrected chi connectivity index (χ0v) is 13.5. The first-order valence-electron chi connectivity index (χ1n) is 8.43. The SMILES string of the molecule is O=C(O)c1ccc(C2CCC2)c([S@@](=O)CC2CC2)c1C1CC1. The molecule has 118 valence electrons. The van der Waals surface area contributed by atoms with Crippen LogP contribution in [-0.4, -0.2) is 21.0 Å². The Morgan fingerprint density at radius 3 is 2.32 bits per heavy atom. The minimum atomic E-state index is -1.03. The van der Waals surface area contributed by atoms with Gasteiger partial charge in [-0.05, 0) is 73.5 Å². The Balaban J connectivity index is 1.82. The van der Waals surface area contributed by atoms with Gasteiger partial charge in [0.2, 0.25) is 0 Å². The Bertz CT molecular complexity index is 640. The molecule has 0 aliphatic heterocycles. The lowest BCUT2D eigenvalue weighted by atomic mass is 9.79. The molecule has 0 heterocycles. The molecule has 3 nitrogen and oxygen atoms in total. The molecule has 3 aliphatic carbocycles. The smallest absolute Gasteiger partial charge is 0.336 e. The number of hydrogen-bond acceptors (Lipinski definition) is 2. The first kappa shape index (κ1) is 14.4. The summed E-state index contributed by atoms with van der Waals surface area (Å²) in [5.41, 5.74) is 2.50. The van der Waals surface area contributed by atoms with E-state index in [-0.39, 0.29) is 0 Å². The Kier molecular flexibility index (Phi) is 3.60. The zero-order valence-electron chi connectivity index (χ0n) is 12.7. The van der Waals surface area contributed by atoms with Crippen molar-refractivity contribution in [3.8, 4) is 0 Å². The molecule has 0 spiro atoms. The molecule has 1 aromatic carbocycles. The van der Waals surface area contributed by atoms with E-state index in [4.69, 9.17) is 0 Å². The summed E-state index contributed by atoms with van der Waals surface area (Å²) in [5.74, 6) is 1.27. The summed E-state index contributed by atoms with van der Waals surface area (Å²) in [4.78, 5) is 12.5. The number of benzene rings is 1. The quantitative estimate of drug-likeness (QED) is 0.861. The fourth-order valence-electron chi connectivity index (χ4n) is 3.46. The zero-order chi connectivity index (χ0) is 15.3. The molecule has 0 bridgehead atoms. The number of rotatable bonds is 6. The van der Waals surface area contributed by atoms with E-state index in [0.717, 1.165) is 41.9 Å². The van der Waals surface area contributed by atoms with Crippen molar-refractivity contribution < 1.29 is 14.1 Å². The van der Waals surface area contributed by atoms with E-state index in [9.17, 15) is 14.1 Å². The highest BCUT2D eigenvalue weighted by Crippen LogP contribution is 2.49. The highest BCUT2D eigenvalue weighted by molar-refractivity contribution is 7.85. The fourth-order valence-corrected chi connectivity index (χ4v) is 5.40. The Hall–Kier alpha value is -1.16. The van der Waals surface area contributed by atoms with Gasteiger partial charge in [-0.3, -0.25) is 4.21 Å². The van der Waals surface area contributed by atoms with Crippen LogP contribution in [0.4, 0.5) is 0 Å². The van der Waals surface area contributed by atoms with Gasteiger partial charge in [0.15, 0.2) is 0 Å². The number of carboxylic acid groups (broad SMARTS) is 1. The Labute approximate surface area is 133 Å². The maximum Gasteiger partial charge on any atom is 0.336 e. The molecule has 0 saturated heterocycles. The number of aromatic carboxylic acids is 1. The molecule has 22 heavy (non-hydrogen) atoms. The van der Waals surface area contributed by atoms with Crippen LogP contribution in [0.5, 0.6) is 0 Å². The van der Waals surface area contributed by atoms with Crippen LogP contribution in [0.1, 0.15) is 78.3 Å². The third kappa shape index (κ3) is 2.62. The third-order valence-corrected chi connectivity index (χ3v) is 6.98. The van der Waals surface area contributed by atoms with Crippen molar-refractivity contribution in [3.63, 3.8) is 0 Å². The maximum atomic E-state index is 13.0. The first-order valence-corrected chi connectivity index (χ1v) is 9.75. The fraction of sp³-hybridized carbons (Fsp3) is 0.611. The highest BCUT2D eigenvalue weighted by Gasteiger charge is 2.37. The van der Waals surface area contributed by atoms with Crippen LogP contribution in [0.3, 0.4) is 0 Å². The molecule has 1 N–H and O–H groups in total. The second-order valence-corrected chi connectivity index (χ2v) is 8.54. The van der Waals surface area contributed by atoms with Gasteiger partial charge in [0.25, 0.3) is 0 Å². The van der Waals surface area contributed by atoms with Crippen LogP contribution in [0, 0.1) is 5.92 Å². The first-order chi connectivity index (χ1) is 10.6. The van der Waals surface area contributed by atoms with Gasteiger partial charge < -0.3 is 5.11 Å². The molecule has 1 aromatic rings. The van der Waals surface area contributed by atoms with Crippen molar-refractivity contribution in [2.24, 2.45) is 5.92 Å². The number of hydrogen-bond donors (Lipinski definition) is 1. The standard InChI is InChI=1S/C18H22O3S/c19-18(20)15-9-8-14(12-2-1-3-12)17(16(15)13-6-7-13)22(21)10-11-4-5-11/h8-9,11-13H,1-7,10H2,(H,19,20)/t22-/m0/s1. The van der Waals surface area contributed by atoms with E-state index in [0.29, 0.717) is 23.3 Å². The minimum Gasteiger partial charge on any atom is -0.478 e. The monoisotopic (exact) mass is 318 g/mol. The van der Waals surface area contributed by atoms with Gasteiger partial charge in [-0.25, -0.2) is 4.79 Å². The summed E-state index contributed by atoms with van der Waals surface area (Å²) in [5, 5.41) is 9.54. The molecular weight excluding hydrogens is 296 g/mol. The largest absolute Gasteiger partial charge is 0.478 e. The molecule has 3 fully saturated rings. The van der Waals surface area contributed by atoms with Gasteiger partial charge in [0.05, 0.1) is 16.4 Å². The van der Waals surface area contributed by atoms with Crippen LogP contribution in [0.15, 0.2) is 17.0 Å². The van der Waals surface area contributed by atoms with Crippen molar-refractivity contribution in [3.05, 3.63) is 28.8 Å². The van der Waals surface area contributed by atoms with Crippen molar-refractivity contribution in [1.29, 1.82) is 0 Å². The van der Waals surface area contributed by atoms with E-state index >= 15 is 0 Å². The highest BCUT2D eigenvalue weighted by atomic mass is 32.2. The van der Waals surface area contributed by atoms with Gasteiger partial charge in [-0.2, -0.15) is 0 Å². The summed E-state index contributed by atoms with van der Waals surface area (Å²) in [6.45, 7) is 0. The van der Waals surface area contributed by atoms with Crippen molar-refractivity contribution in [2.75, 3.05) is 5.75 Å². The van der Waals surface area contributed by atoms with Crippen molar-refractivity contribution in [1.82, 2.24) is 0 Å². The van der Waals surface area contributed by atoms with Gasteiger partial charge in [-0.1, -0.05) is 12.5 Å². The molecule has 1 atom stereocenters. The molecule has 0 radical (unpaired) electrons. The number of carboxylic acids is 1. The molecule has 4 rings (SSSR count). The molecule has 0 unspecified atom stereocenters. The van der Waals surface area contributed by atoms with Crippen molar-refractivity contribution in [2.45, 2.75) is 61.7 Å².